The molecule has 0 aliphatic rings. The molecule has 2 N–H and O–H groups in total. The molecule has 0 unspecified atom stereocenters. The zero-order valence-electron chi connectivity index (χ0n) is 12.4. The molecule has 0 radical (unpaired) electrons. The van der Waals surface area contributed by atoms with E-state index in [1.807, 2.05) is 44.2 Å². The third-order valence-electron chi connectivity index (χ3n) is 3.38. The van der Waals surface area contributed by atoms with Crippen LogP contribution in [-0.2, 0) is 15.0 Å². The van der Waals surface area contributed by atoms with Crippen LogP contribution >= 0.6 is 0 Å². The largest absolute Gasteiger partial charge is 0.396 e. The van der Waals surface area contributed by atoms with Crippen LogP contribution in [0.1, 0.15) is 45.1 Å². The summed E-state index contributed by atoms with van der Waals surface area (Å²) in [5.41, 5.74) is 2.87. The van der Waals surface area contributed by atoms with Crippen LogP contribution in [0.2, 0.25) is 0 Å². The topological polar surface area (TPSA) is 58.6 Å². The third-order valence-corrected chi connectivity index (χ3v) is 3.38. The summed E-state index contributed by atoms with van der Waals surface area (Å²) in [5, 5.41) is 8.65. The number of amides is 1. The van der Waals surface area contributed by atoms with Gasteiger partial charge in [-0.05, 0) is 32.3 Å². The molecule has 20 heavy (non-hydrogen) atoms. The standard InChI is InChI=1S/C16H25NO3/c1-16(2,14-10-6-5-7-11-14)15(19)17-20-13-9-4-3-8-12-18/h5-7,10-11,18H,3-4,8-9,12-13H2,1-2H3,(H,17,19). The van der Waals surface area contributed by atoms with Crippen LogP contribution < -0.4 is 5.48 Å². The highest BCUT2D eigenvalue weighted by atomic mass is 16.6. The predicted octanol–water partition coefficient (Wildman–Crippen LogP) is 2.56. The van der Waals surface area contributed by atoms with E-state index >= 15 is 0 Å². The molecule has 0 saturated heterocycles. The number of carbonyl (C=O) groups is 1. The second-order valence-electron chi connectivity index (χ2n) is 5.41. The van der Waals surface area contributed by atoms with E-state index in [2.05, 4.69) is 5.48 Å². The van der Waals surface area contributed by atoms with Gasteiger partial charge in [0.15, 0.2) is 0 Å². The van der Waals surface area contributed by atoms with Gasteiger partial charge < -0.3 is 5.11 Å². The minimum absolute atomic E-state index is 0.140. The Morgan fingerprint density at radius 1 is 1.15 bits per heavy atom. The Morgan fingerprint density at radius 3 is 2.45 bits per heavy atom. The second kappa shape index (κ2) is 8.72. The molecule has 1 rings (SSSR count). The summed E-state index contributed by atoms with van der Waals surface area (Å²) in [6.45, 7) is 4.50. The molecule has 1 aromatic rings. The number of nitrogens with one attached hydrogen (secondary N) is 1. The number of rotatable bonds is 9. The van der Waals surface area contributed by atoms with Crippen LogP contribution in [0.3, 0.4) is 0 Å². The zero-order valence-corrected chi connectivity index (χ0v) is 12.4. The fourth-order valence-corrected chi connectivity index (χ4v) is 1.87. The summed E-state index contributed by atoms with van der Waals surface area (Å²) >= 11 is 0. The summed E-state index contributed by atoms with van der Waals surface area (Å²) in [5.74, 6) is -0.140. The van der Waals surface area contributed by atoms with Crippen molar-refractivity contribution in [2.75, 3.05) is 13.2 Å². The first kappa shape index (κ1) is 16.7. The monoisotopic (exact) mass is 279 g/mol. The van der Waals surface area contributed by atoms with Crippen molar-refractivity contribution in [2.45, 2.75) is 44.9 Å². The van der Waals surface area contributed by atoms with Gasteiger partial charge >= 0.3 is 0 Å². The van der Waals surface area contributed by atoms with Gasteiger partial charge in [-0.3, -0.25) is 9.63 Å². The lowest BCUT2D eigenvalue weighted by Gasteiger charge is -2.23. The minimum Gasteiger partial charge on any atom is -0.396 e. The van der Waals surface area contributed by atoms with Gasteiger partial charge in [-0.15, -0.1) is 0 Å². The molecular formula is C16H25NO3. The van der Waals surface area contributed by atoms with E-state index in [9.17, 15) is 4.79 Å². The molecule has 0 bridgehead atoms. The molecule has 0 saturated carbocycles. The lowest BCUT2D eigenvalue weighted by Crippen LogP contribution is -2.40. The smallest absolute Gasteiger partial charge is 0.253 e. The molecule has 0 aliphatic heterocycles. The summed E-state index contributed by atoms with van der Waals surface area (Å²) in [6.07, 6.45) is 3.70. The molecule has 4 heteroatoms. The van der Waals surface area contributed by atoms with Crippen molar-refractivity contribution < 1.29 is 14.7 Å². The number of hydrogen-bond donors (Lipinski definition) is 2. The average molecular weight is 279 g/mol. The molecule has 0 spiro atoms. The van der Waals surface area contributed by atoms with Gasteiger partial charge in [-0.2, -0.15) is 0 Å². The molecule has 0 aromatic heterocycles. The maximum atomic E-state index is 12.1. The molecule has 0 fully saturated rings. The molecule has 1 aromatic carbocycles. The Bertz CT molecular complexity index is 390. The van der Waals surface area contributed by atoms with Crippen LogP contribution in [0.25, 0.3) is 0 Å². The fraction of sp³-hybridized carbons (Fsp3) is 0.562. The van der Waals surface area contributed by atoms with Crippen molar-refractivity contribution in [3.05, 3.63) is 35.9 Å². The van der Waals surface area contributed by atoms with Gasteiger partial charge in [-0.1, -0.05) is 43.2 Å². The van der Waals surface area contributed by atoms with Crippen LogP contribution in [-0.4, -0.2) is 24.2 Å². The summed E-state index contributed by atoms with van der Waals surface area (Å²) in [4.78, 5) is 17.4. The van der Waals surface area contributed by atoms with E-state index in [1.165, 1.54) is 0 Å². The quantitative estimate of drug-likeness (QED) is 0.539. The Kier molecular flexibility index (Phi) is 7.26. The normalized spacial score (nSPS) is 11.3. The predicted molar refractivity (Wildman–Crippen MR) is 79.1 cm³/mol. The van der Waals surface area contributed by atoms with E-state index in [0.717, 1.165) is 31.2 Å². The van der Waals surface area contributed by atoms with Crippen molar-refractivity contribution in [2.24, 2.45) is 0 Å². The van der Waals surface area contributed by atoms with Crippen molar-refractivity contribution in [1.29, 1.82) is 0 Å². The maximum absolute atomic E-state index is 12.1. The Hall–Kier alpha value is -1.39. The number of aliphatic hydroxyl groups is 1. The molecule has 1 amide bonds. The van der Waals surface area contributed by atoms with Gasteiger partial charge in [-0.25, -0.2) is 5.48 Å². The first-order valence-corrected chi connectivity index (χ1v) is 7.17. The van der Waals surface area contributed by atoms with E-state index in [1.54, 1.807) is 0 Å². The average Bonchev–Trinajstić information content (AvgIpc) is 2.47. The van der Waals surface area contributed by atoms with Crippen molar-refractivity contribution in [1.82, 2.24) is 5.48 Å². The highest BCUT2D eigenvalue weighted by Crippen LogP contribution is 2.22. The number of aliphatic hydroxyl groups excluding tert-OH is 1. The number of hydroxylamine groups is 1. The van der Waals surface area contributed by atoms with Crippen molar-refractivity contribution in [3.63, 3.8) is 0 Å². The van der Waals surface area contributed by atoms with Crippen LogP contribution in [0.15, 0.2) is 30.3 Å². The minimum atomic E-state index is -0.613. The number of hydrogen-bond acceptors (Lipinski definition) is 3. The van der Waals surface area contributed by atoms with E-state index < -0.39 is 5.41 Å². The highest BCUT2D eigenvalue weighted by molar-refractivity contribution is 5.86. The first-order chi connectivity index (χ1) is 9.59. The van der Waals surface area contributed by atoms with E-state index in [0.29, 0.717) is 6.61 Å². The Morgan fingerprint density at radius 2 is 1.80 bits per heavy atom. The van der Waals surface area contributed by atoms with Gasteiger partial charge in [0.1, 0.15) is 0 Å². The third kappa shape index (κ3) is 5.31. The fourth-order valence-electron chi connectivity index (χ4n) is 1.87. The summed E-state index contributed by atoms with van der Waals surface area (Å²) in [6, 6.07) is 9.65. The van der Waals surface area contributed by atoms with Crippen molar-refractivity contribution in [3.8, 4) is 0 Å². The number of carbonyl (C=O) groups excluding carboxylic acids is 1. The van der Waals surface area contributed by atoms with E-state index in [-0.39, 0.29) is 12.5 Å². The van der Waals surface area contributed by atoms with E-state index in [4.69, 9.17) is 9.94 Å². The molecule has 0 heterocycles. The molecule has 4 nitrogen and oxygen atoms in total. The lowest BCUT2D eigenvalue weighted by atomic mass is 9.84. The molecular weight excluding hydrogens is 254 g/mol. The van der Waals surface area contributed by atoms with Gasteiger partial charge in [0.2, 0.25) is 0 Å². The number of unbranched alkanes of at least 4 members (excludes halogenated alkanes) is 3. The van der Waals surface area contributed by atoms with Crippen molar-refractivity contribution >= 4 is 5.91 Å². The zero-order chi connectivity index (χ0) is 14.8. The van der Waals surface area contributed by atoms with Gasteiger partial charge in [0, 0.05) is 6.61 Å². The molecule has 112 valence electrons. The number of benzene rings is 1. The SMILES string of the molecule is CC(C)(C(=O)NOCCCCCCO)c1ccccc1. The van der Waals surface area contributed by atoms with Crippen LogP contribution in [0.4, 0.5) is 0 Å². The maximum Gasteiger partial charge on any atom is 0.253 e. The second-order valence-corrected chi connectivity index (χ2v) is 5.41. The van der Waals surface area contributed by atoms with Gasteiger partial charge in [0.25, 0.3) is 5.91 Å². The summed E-state index contributed by atoms with van der Waals surface area (Å²) < 4.78 is 0. The lowest BCUT2D eigenvalue weighted by molar-refractivity contribution is -0.138. The Labute approximate surface area is 121 Å². The molecule has 0 atom stereocenters. The Balaban J connectivity index is 2.28. The van der Waals surface area contributed by atoms with Crippen LogP contribution in [0, 0.1) is 0 Å². The summed E-state index contributed by atoms with van der Waals surface area (Å²) in [7, 11) is 0. The van der Waals surface area contributed by atoms with Gasteiger partial charge in [0.05, 0.1) is 12.0 Å². The highest BCUT2D eigenvalue weighted by Gasteiger charge is 2.29. The molecule has 0 aliphatic carbocycles. The van der Waals surface area contributed by atoms with Crippen LogP contribution in [0.5, 0.6) is 0 Å². The first-order valence-electron chi connectivity index (χ1n) is 7.17.